The van der Waals surface area contributed by atoms with Gasteiger partial charge in [0.15, 0.2) is 0 Å². The summed E-state index contributed by atoms with van der Waals surface area (Å²) in [5, 5.41) is 0. The van der Waals surface area contributed by atoms with E-state index in [0.717, 1.165) is 101 Å². The minimum absolute atomic E-state index is 0. The predicted molar refractivity (Wildman–Crippen MR) is 300 cm³/mol. The van der Waals surface area contributed by atoms with Gasteiger partial charge in [-0.2, -0.15) is 0 Å². The molecule has 0 saturated heterocycles. The second-order valence-corrected chi connectivity index (χ2v) is 21.9. The Morgan fingerprint density at radius 2 is 0.630 bits per heavy atom. The average Bonchev–Trinajstić information content (AvgIpc) is 3.40. The zero-order chi connectivity index (χ0) is 50.2. The normalized spacial score (nSPS) is 11.8. The molecule has 10 aromatic rings. The van der Waals surface area contributed by atoms with E-state index >= 15 is 0 Å². The first kappa shape index (κ1) is 50.5. The van der Waals surface area contributed by atoms with Crippen LogP contribution < -0.4 is 0 Å². The molecule has 4 heterocycles. The van der Waals surface area contributed by atoms with Crippen LogP contribution >= 0.6 is 0 Å². The van der Waals surface area contributed by atoms with Gasteiger partial charge in [-0.05, 0) is 132 Å². The Bertz CT molecular complexity index is 3160. The standard InChI is InChI=1S/C68H60N4.Ir/c1-66(2,3)53-32-35-69-63(41-53)47-26-22-45(23-27-47)56-16-10-13-19-59(56)50-38-51(60-20-14-11-17-57(60)46-24-28-48(29-25-46)64-42-54(33-36-70-64)67(4,5)6)40-52(39-50)61-21-15-12-18-58(61)49-30-31-62(72-44-49)65-43-55(34-37-71-65)68(7,8)9;/h10-26,28,30-44H,1-9H3;/q-2;. The van der Waals surface area contributed by atoms with Crippen LogP contribution in [0.3, 0.4) is 0 Å². The topological polar surface area (TPSA) is 51.6 Å². The van der Waals surface area contributed by atoms with Crippen LogP contribution in [0.5, 0.6) is 0 Å². The molecule has 0 bridgehead atoms. The van der Waals surface area contributed by atoms with Crippen LogP contribution in [0, 0.1) is 12.1 Å². The Labute approximate surface area is 446 Å². The molecule has 0 aliphatic carbocycles. The minimum atomic E-state index is 0. The molecule has 0 N–H and O–H groups in total. The van der Waals surface area contributed by atoms with Crippen molar-refractivity contribution in [3.8, 4) is 101 Å². The van der Waals surface area contributed by atoms with Crippen molar-refractivity contribution in [3.05, 3.63) is 230 Å². The molecule has 4 nitrogen and oxygen atoms in total. The number of hydrogen-bond donors (Lipinski definition) is 0. The van der Waals surface area contributed by atoms with Crippen LogP contribution in [-0.2, 0) is 36.4 Å². The fourth-order valence-corrected chi connectivity index (χ4v) is 9.39. The molecule has 363 valence electrons. The molecule has 6 aromatic carbocycles. The Hall–Kier alpha value is -7.43. The fraction of sp³-hybridized carbons (Fsp3) is 0.176. The molecule has 0 saturated carbocycles. The number of nitrogens with zero attached hydrogens (tertiary/aromatic N) is 4. The van der Waals surface area contributed by atoms with Crippen LogP contribution in [0.15, 0.2) is 201 Å². The van der Waals surface area contributed by atoms with Gasteiger partial charge in [0.1, 0.15) is 0 Å². The van der Waals surface area contributed by atoms with Gasteiger partial charge in [0.25, 0.3) is 0 Å². The summed E-state index contributed by atoms with van der Waals surface area (Å²) < 4.78 is 0. The maximum atomic E-state index is 5.01. The smallest absolute Gasteiger partial charge is 0.0889 e. The molecule has 1 radical (unpaired) electrons. The minimum Gasteiger partial charge on any atom is -0.305 e. The molecule has 0 aliphatic heterocycles. The molecule has 73 heavy (non-hydrogen) atoms. The Kier molecular flexibility index (Phi) is 14.2. The molecule has 5 heteroatoms. The number of aromatic nitrogens is 4. The van der Waals surface area contributed by atoms with Crippen molar-refractivity contribution in [1.82, 2.24) is 19.9 Å². The summed E-state index contributed by atoms with van der Waals surface area (Å²) in [5.74, 6) is 0. The van der Waals surface area contributed by atoms with Crippen molar-refractivity contribution >= 4 is 0 Å². The van der Waals surface area contributed by atoms with E-state index in [1.807, 2.05) is 24.8 Å². The van der Waals surface area contributed by atoms with Gasteiger partial charge >= 0.3 is 0 Å². The van der Waals surface area contributed by atoms with Crippen LogP contribution in [0.4, 0.5) is 0 Å². The van der Waals surface area contributed by atoms with E-state index < -0.39 is 0 Å². The summed E-state index contributed by atoms with van der Waals surface area (Å²) in [7, 11) is 0. The summed E-state index contributed by atoms with van der Waals surface area (Å²) in [6.07, 6.45) is 7.68. The van der Waals surface area contributed by atoms with E-state index in [-0.39, 0.29) is 36.4 Å². The largest absolute Gasteiger partial charge is 0.305 e. The third-order valence-electron chi connectivity index (χ3n) is 13.7. The molecule has 0 unspecified atom stereocenters. The van der Waals surface area contributed by atoms with Gasteiger partial charge < -0.3 is 9.97 Å². The third kappa shape index (κ3) is 11.0. The zero-order valence-electron chi connectivity index (χ0n) is 43.2. The van der Waals surface area contributed by atoms with Crippen LogP contribution in [0.2, 0.25) is 0 Å². The van der Waals surface area contributed by atoms with E-state index in [4.69, 9.17) is 19.9 Å². The quantitative estimate of drug-likeness (QED) is 0.135. The maximum absolute atomic E-state index is 5.01. The summed E-state index contributed by atoms with van der Waals surface area (Å²) in [6, 6.07) is 70.3. The van der Waals surface area contributed by atoms with E-state index in [9.17, 15) is 0 Å². The first-order chi connectivity index (χ1) is 34.6. The van der Waals surface area contributed by atoms with Gasteiger partial charge in [-0.3, -0.25) is 9.97 Å². The predicted octanol–water partition coefficient (Wildman–Crippen LogP) is 17.8. The van der Waals surface area contributed by atoms with E-state index in [1.54, 1.807) is 0 Å². The Morgan fingerprint density at radius 3 is 0.959 bits per heavy atom. The molecular weight excluding hydrogens is 1060 g/mol. The van der Waals surface area contributed by atoms with Crippen molar-refractivity contribution < 1.29 is 20.1 Å². The van der Waals surface area contributed by atoms with Gasteiger partial charge in [-0.15, -0.1) is 59.7 Å². The molecular formula is C68H60IrN4-2. The number of benzene rings is 6. The number of hydrogen-bond acceptors (Lipinski definition) is 4. The van der Waals surface area contributed by atoms with Crippen LogP contribution in [0.1, 0.15) is 79.0 Å². The van der Waals surface area contributed by atoms with Crippen molar-refractivity contribution in [1.29, 1.82) is 0 Å². The number of rotatable bonds is 9. The fourth-order valence-electron chi connectivity index (χ4n) is 9.39. The van der Waals surface area contributed by atoms with Crippen molar-refractivity contribution in [2.45, 2.75) is 78.6 Å². The van der Waals surface area contributed by atoms with Gasteiger partial charge in [0.2, 0.25) is 0 Å². The summed E-state index contributed by atoms with van der Waals surface area (Å²) >= 11 is 0. The number of pyridine rings is 4. The van der Waals surface area contributed by atoms with Crippen LogP contribution in [-0.4, -0.2) is 19.9 Å². The van der Waals surface area contributed by atoms with E-state index in [1.165, 1.54) is 16.7 Å². The van der Waals surface area contributed by atoms with Crippen molar-refractivity contribution in [2.75, 3.05) is 0 Å². The summed E-state index contributed by atoms with van der Waals surface area (Å²) in [6.45, 7) is 20.1. The molecule has 10 rings (SSSR count). The average molecular weight is 1130 g/mol. The molecule has 0 fully saturated rings. The SMILES string of the molecule is CC(C)(C)c1ccnc(-c2[c-]cc(-c3ccccc3-c3cc(-c4ccccc4-c4c[c-]c(-c5cc(C(C)(C)C)ccn5)cc4)cc(-c4ccccc4-c4ccc(-c5cc(C(C)(C)C)ccn5)nc4)c3)cc2)c1.[Ir]. The Morgan fingerprint density at radius 1 is 0.301 bits per heavy atom. The monoisotopic (exact) mass is 1130 g/mol. The first-order valence-electron chi connectivity index (χ1n) is 24.9. The van der Waals surface area contributed by atoms with Crippen LogP contribution in [0.25, 0.3) is 101 Å². The summed E-state index contributed by atoms with van der Waals surface area (Å²) in [4.78, 5) is 19.2. The molecule has 0 amide bonds. The Balaban J connectivity index is 0.00000656. The van der Waals surface area contributed by atoms with Crippen molar-refractivity contribution in [3.63, 3.8) is 0 Å². The first-order valence-corrected chi connectivity index (χ1v) is 24.9. The van der Waals surface area contributed by atoms with Crippen molar-refractivity contribution in [2.24, 2.45) is 0 Å². The third-order valence-corrected chi connectivity index (χ3v) is 13.7. The molecule has 4 aromatic heterocycles. The second kappa shape index (κ2) is 20.6. The summed E-state index contributed by atoms with van der Waals surface area (Å²) in [5.41, 5.74) is 22.5. The molecule has 0 spiro atoms. The van der Waals surface area contributed by atoms with E-state index in [0.29, 0.717) is 0 Å². The maximum Gasteiger partial charge on any atom is 0.0889 e. The zero-order valence-corrected chi connectivity index (χ0v) is 45.6. The molecule has 0 atom stereocenters. The molecule has 0 aliphatic rings. The second-order valence-electron chi connectivity index (χ2n) is 21.9. The van der Waals surface area contributed by atoms with E-state index in [2.05, 4.69) is 250 Å². The van der Waals surface area contributed by atoms with Gasteiger partial charge in [0, 0.05) is 50.5 Å². The van der Waals surface area contributed by atoms with Gasteiger partial charge in [-0.25, -0.2) is 0 Å². The van der Waals surface area contributed by atoms with Gasteiger partial charge in [-0.1, -0.05) is 176 Å². The van der Waals surface area contributed by atoms with Gasteiger partial charge in [0.05, 0.1) is 11.4 Å².